The number of aromatic nitrogens is 1. The molecule has 2 atom stereocenters. The molecule has 0 fully saturated rings. The largest absolute Gasteiger partial charge is 0.492 e. The molecule has 0 saturated heterocycles. The first-order valence-electron chi connectivity index (χ1n) is 13.8. The summed E-state index contributed by atoms with van der Waals surface area (Å²) in [7, 11) is 3.13. The monoisotopic (exact) mass is 553 g/mol. The number of hydrogen-bond donors (Lipinski definition) is 0. The minimum Gasteiger partial charge on any atom is -0.492 e. The highest BCUT2D eigenvalue weighted by Crippen LogP contribution is 2.45. The Morgan fingerprint density at radius 1 is 1.05 bits per heavy atom. The van der Waals surface area contributed by atoms with Gasteiger partial charge in [-0.15, -0.1) is 0 Å². The third-order valence-corrected chi connectivity index (χ3v) is 8.29. The number of fused-ring (bicyclic) bond motifs is 2. The van der Waals surface area contributed by atoms with Crippen LogP contribution >= 0.6 is 0 Å². The number of rotatable bonds is 6. The first-order chi connectivity index (χ1) is 19.7. The Hall–Kier alpha value is -4.39. The average Bonchev–Trinajstić information content (AvgIpc) is 3.55. The molecular formula is C34H32FNO5. The first kappa shape index (κ1) is 26.8. The summed E-state index contributed by atoms with van der Waals surface area (Å²) in [5, 5.41) is 0. The van der Waals surface area contributed by atoms with Crippen molar-refractivity contribution in [3.8, 4) is 33.8 Å². The highest BCUT2D eigenvalue weighted by atomic mass is 19.1. The lowest BCUT2D eigenvalue weighted by atomic mass is 9.88. The van der Waals surface area contributed by atoms with Gasteiger partial charge >= 0.3 is 5.97 Å². The fourth-order valence-electron chi connectivity index (χ4n) is 6.29. The van der Waals surface area contributed by atoms with Crippen LogP contribution in [0.3, 0.4) is 0 Å². The topological polar surface area (TPSA) is 66.8 Å². The Morgan fingerprint density at radius 3 is 2.56 bits per heavy atom. The predicted octanol–water partition coefficient (Wildman–Crippen LogP) is 6.58. The molecule has 0 spiro atoms. The zero-order valence-electron chi connectivity index (χ0n) is 23.6. The van der Waals surface area contributed by atoms with Crippen molar-refractivity contribution in [1.29, 1.82) is 0 Å². The molecule has 0 N–H and O–H groups in total. The predicted molar refractivity (Wildman–Crippen MR) is 155 cm³/mol. The maximum atomic E-state index is 15.3. The van der Waals surface area contributed by atoms with Gasteiger partial charge in [-0.3, -0.25) is 9.59 Å². The lowest BCUT2D eigenvalue weighted by molar-refractivity contribution is -0.141. The Kier molecular flexibility index (Phi) is 6.89. The molecule has 0 amide bonds. The molecule has 3 aromatic carbocycles. The third kappa shape index (κ3) is 4.90. The van der Waals surface area contributed by atoms with Crippen molar-refractivity contribution < 1.29 is 23.4 Å². The van der Waals surface area contributed by atoms with E-state index in [9.17, 15) is 9.59 Å². The van der Waals surface area contributed by atoms with Gasteiger partial charge in [-0.25, -0.2) is 4.39 Å². The van der Waals surface area contributed by atoms with Crippen LogP contribution in [0.15, 0.2) is 65.6 Å². The minimum absolute atomic E-state index is 0.0485. The fourth-order valence-corrected chi connectivity index (χ4v) is 6.29. The SMILES string of the molecule is COC(=O)C[C@@H]1COc2cc(O[C@@H]3CCc4c(-c5c(C)cc(-c6ccc(=O)n(C)c6)cc5C)ccc(F)c43)ccc21. The summed E-state index contributed by atoms with van der Waals surface area (Å²) in [6.07, 6.45) is 3.06. The number of carbonyl (C=O) groups is 1. The normalized spacial score (nSPS) is 17.1. The van der Waals surface area contributed by atoms with E-state index in [0.29, 0.717) is 36.5 Å². The van der Waals surface area contributed by atoms with Crippen LogP contribution in [0.2, 0.25) is 0 Å². The number of pyridine rings is 1. The Morgan fingerprint density at radius 2 is 1.83 bits per heavy atom. The van der Waals surface area contributed by atoms with Gasteiger partial charge in [0.2, 0.25) is 5.56 Å². The molecule has 1 aromatic heterocycles. The van der Waals surface area contributed by atoms with E-state index in [2.05, 4.69) is 26.0 Å². The van der Waals surface area contributed by atoms with Crippen LogP contribution in [-0.4, -0.2) is 24.3 Å². The molecule has 0 unspecified atom stereocenters. The molecule has 0 saturated carbocycles. The van der Waals surface area contributed by atoms with Gasteiger partial charge in [-0.2, -0.15) is 0 Å². The Balaban J connectivity index is 1.30. The molecule has 4 aromatic rings. The summed E-state index contributed by atoms with van der Waals surface area (Å²) in [5.41, 5.74) is 8.79. The highest BCUT2D eigenvalue weighted by Gasteiger charge is 2.32. The van der Waals surface area contributed by atoms with Gasteiger partial charge in [0, 0.05) is 42.4 Å². The van der Waals surface area contributed by atoms with Crippen LogP contribution in [0.5, 0.6) is 11.5 Å². The van der Waals surface area contributed by atoms with Gasteiger partial charge in [0.05, 0.1) is 20.1 Å². The molecule has 1 aliphatic heterocycles. The number of halogens is 1. The van der Waals surface area contributed by atoms with Crippen molar-refractivity contribution >= 4 is 5.97 Å². The smallest absolute Gasteiger partial charge is 0.306 e. The standard InChI is InChI=1S/C34H32FNO5/c1-19-13-22(21-5-12-31(37)36(3)17-21)14-20(2)33(19)26-8-10-28(35)34-27(26)9-11-29(34)41-24-6-7-25-23(15-32(38)39-4)18-40-30(25)16-24/h5-8,10,12-14,16-17,23,29H,9,11,15,18H2,1-4H3/t23-,29-/m1/s1. The maximum Gasteiger partial charge on any atom is 0.306 e. The molecule has 7 heteroatoms. The zero-order valence-corrected chi connectivity index (χ0v) is 23.6. The molecule has 0 bridgehead atoms. The number of esters is 1. The van der Waals surface area contributed by atoms with Crippen molar-refractivity contribution in [2.75, 3.05) is 13.7 Å². The summed E-state index contributed by atoms with van der Waals surface area (Å²) in [5.74, 6) is 0.713. The first-order valence-corrected chi connectivity index (χ1v) is 13.8. The minimum atomic E-state index is -0.416. The van der Waals surface area contributed by atoms with E-state index >= 15 is 4.39 Å². The van der Waals surface area contributed by atoms with Crippen LogP contribution in [0, 0.1) is 19.7 Å². The number of methoxy groups -OCH3 is 1. The van der Waals surface area contributed by atoms with Crippen molar-refractivity contribution in [3.05, 3.63) is 105 Å². The number of hydrogen-bond acceptors (Lipinski definition) is 5. The van der Waals surface area contributed by atoms with E-state index in [1.54, 1.807) is 23.7 Å². The second kappa shape index (κ2) is 10.5. The van der Waals surface area contributed by atoms with Crippen LogP contribution in [0.25, 0.3) is 22.3 Å². The maximum absolute atomic E-state index is 15.3. The second-order valence-corrected chi connectivity index (χ2v) is 11.0. The van der Waals surface area contributed by atoms with Crippen LogP contribution in [0.4, 0.5) is 4.39 Å². The molecule has 210 valence electrons. The average molecular weight is 554 g/mol. The van der Waals surface area contributed by atoms with E-state index in [1.165, 1.54) is 7.11 Å². The Bertz CT molecular complexity index is 1720. The lowest BCUT2D eigenvalue weighted by Gasteiger charge is -2.19. The number of benzene rings is 3. The lowest BCUT2D eigenvalue weighted by Crippen LogP contribution is -2.13. The second-order valence-electron chi connectivity index (χ2n) is 11.0. The summed E-state index contributed by atoms with van der Waals surface area (Å²) in [6.45, 7) is 4.56. The van der Waals surface area contributed by atoms with Crippen LogP contribution < -0.4 is 15.0 Å². The van der Waals surface area contributed by atoms with E-state index in [1.807, 2.05) is 36.5 Å². The van der Waals surface area contributed by atoms with Crippen molar-refractivity contribution in [2.24, 2.45) is 7.05 Å². The molecular weight excluding hydrogens is 521 g/mol. The van der Waals surface area contributed by atoms with E-state index in [4.69, 9.17) is 14.2 Å². The molecule has 41 heavy (non-hydrogen) atoms. The highest BCUT2D eigenvalue weighted by molar-refractivity contribution is 5.79. The molecule has 0 radical (unpaired) electrons. The van der Waals surface area contributed by atoms with Gasteiger partial charge < -0.3 is 18.8 Å². The number of nitrogens with zero attached hydrogens (tertiary/aromatic N) is 1. The van der Waals surface area contributed by atoms with E-state index in [0.717, 1.165) is 44.5 Å². The van der Waals surface area contributed by atoms with Gasteiger partial charge in [-0.1, -0.05) is 24.3 Å². The van der Waals surface area contributed by atoms with Gasteiger partial charge in [0.15, 0.2) is 0 Å². The summed E-state index contributed by atoms with van der Waals surface area (Å²) >= 11 is 0. The number of carbonyl (C=O) groups excluding carboxylic acids is 1. The molecule has 6 rings (SSSR count). The summed E-state index contributed by atoms with van der Waals surface area (Å²) < 4.78 is 33.9. The van der Waals surface area contributed by atoms with Crippen molar-refractivity contribution in [2.45, 2.75) is 45.1 Å². The third-order valence-electron chi connectivity index (χ3n) is 8.29. The molecule has 6 nitrogen and oxygen atoms in total. The van der Waals surface area contributed by atoms with Crippen LogP contribution in [-0.2, 0) is 23.0 Å². The van der Waals surface area contributed by atoms with Gasteiger partial charge in [0.25, 0.3) is 0 Å². The van der Waals surface area contributed by atoms with Crippen LogP contribution in [0.1, 0.15) is 52.7 Å². The van der Waals surface area contributed by atoms with Crippen molar-refractivity contribution in [1.82, 2.24) is 4.57 Å². The van der Waals surface area contributed by atoms with Gasteiger partial charge in [0.1, 0.15) is 23.4 Å². The summed E-state index contributed by atoms with van der Waals surface area (Å²) in [6, 6.07) is 16.7. The number of ether oxygens (including phenoxy) is 3. The van der Waals surface area contributed by atoms with E-state index in [-0.39, 0.29) is 29.7 Å². The fraction of sp³-hybridized carbons (Fsp3) is 0.294. The molecule has 2 heterocycles. The quantitative estimate of drug-likeness (QED) is 0.252. The number of aryl methyl sites for hydroxylation is 3. The molecule has 1 aliphatic carbocycles. The Labute approximate surface area is 238 Å². The summed E-state index contributed by atoms with van der Waals surface area (Å²) in [4.78, 5) is 23.6. The van der Waals surface area contributed by atoms with Gasteiger partial charge in [-0.05, 0) is 83.8 Å². The zero-order chi connectivity index (χ0) is 28.8. The molecule has 2 aliphatic rings. The van der Waals surface area contributed by atoms with Crippen molar-refractivity contribution in [3.63, 3.8) is 0 Å². The van der Waals surface area contributed by atoms with E-state index < -0.39 is 6.10 Å².